The third-order valence-corrected chi connectivity index (χ3v) is 4.29. The van der Waals surface area contributed by atoms with Crippen molar-refractivity contribution in [3.05, 3.63) is 24.3 Å². The first-order valence-corrected chi connectivity index (χ1v) is 7.65. The first-order valence-electron chi connectivity index (χ1n) is 7.65. The van der Waals surface area contributed by atoms with Gasteiger partial charge in [-0.2, -0.15) is 0 Å². The molecule has 112 valence electrons. The molecule has 3 rings (SSSR count). The SMILES string of the molecule is CCOc1ccc(N2C(=O)C[C@@H]([NH+]3CCCC3)C2=O)cc1. The molecule has 2 heterocycles. The van der Waals surface area contributed by atoms with Gasteiger partial charge in [0.15, 0.2) is 6.04 Å². The van der Waals surface area contributed by atoms with Crippen LogP contribution in [0.2, 0.25) is 0 Å². The lowest BCUT2D eigenvalue weighted by Crippen LogP contribution is -3.14. The van der Waals surface area contributed by atoms with Gasteiger partial charge >= 0.3 is 0 Å². The number of hydrogen-bond donors (Lipinski definition) is 1. The highest BCUT2D eigenvalue weighted by Crippen LogP contribution is 2.24. The van der Waals surface area contributed by atoms with Crippen molar-refractivity contribution < 1.29 is 19.2 Å². The van der Waals surface area contributed by atoms with Crippen molar-refractivity contribution in [2.75, 3.05) is 24.6 Å². The maximum Gasteiger partial charge on any atom is 0.292 e. The minimum Gasteiger partial charge on any atom is -0.494 e. The summed E-state index contributed by atoms with van der Waals surface area (Å²) in [4.78, 5) is 27.4. The van der Waals surface area contributed by atoms with Gasteiger partial charge in [-0.3, -0.25) is 9.59 Å². The lowest BCUT2D eigenvalue weighted by Gasteiger charge is -2.19. The van der Waals surface area contributed by atoms with E-state index in [0.717, 1.165) is 31.7 Å². The minimum atomic E-state index is -0.188. The third-order valence-electron chi connectivity index (χ3n) is 4.29. The number of amides is 2. The van der Waals surface area contributed by atoms with Crippen LogP contribution in [0.1, 0.15) is 26.2 Å². The predicted octanol–water partition coefficient (Wildman–Crippen LogP) is 0.396. The van der Waals surface area contributed by atoms with Crippen LogP contribution in [0.4, 0.5) is 5.69 Å². The number of nitrogens with one attached hydrogen (secondary N) is 1. The summed E-state index contributed by atoms with van der Waals surface area (Å²) in [6.45, 7) is 4.52. The van der Waals surface area contributed by atoms with Crippen molar-refractivity contribution in [1.82, 2.24) is 0 Å². The molecule has 1 aromatic rings. The summed E-state index contributed by atoms with van der Waals surface area (Å²) in [5.74, 6) is 0.608. The molecule has 0 radical (unpaired) electrons. The van der Waals surface area contributed by atoms with Crippen molar-refractivity contribution in [3.63, 3.8) is 0 Å². The number of quaternary nitrogens is 1. The quantitative estimate of drug-likeness (QED) is 0.816. The molecular weight excluding hydrogens is 268 g/mol. The van der Waals surface area contributed by atoms with Crippen molar-refractivity contribution in [3.8, 4) is 5.75 Å². The van der Waals surface area contributed by atoms with Crippen molar-refractivity contribution >= 4 is 17.5 Å². The zero-order valence-corrected chi connectivity index (χ0v) is 12.3. The topological polar surface area (TPSA) is 51.0 Å². The van der Waals surface area contributed by atoms with Gasteiger partial charge in [0.2, 0.25) is 5.91 Å². The molecule has 1 aromatic carbocycles. The largest absolute Gasteiger partial charge is 0.494 e. The van der Waals surface area contributed by atoms with Crippen molar-refractivity contribution in [2.24, 2.45) is 0 Å². The number of carbonyl (C=O) groups is 2. The van der Waals surface area contributed by atoms with E-state index < -0.39 is 0 Å². The van der Waals surface area contributed by atoms with Gasteiger partial charge in [-0.05, 0) is 31.2 Å². The molecule has 2 amide bonds. The fourth-order valence-corrected chi connectivity index (χ4v) is 3.26. The third kappa shape index (κ3) is 2.65. The monoisotopic (exact) mass is 289 g/mol. The van der Waals surface area contributed by atoms with Gasteiger partial charge in [-0.25, -0.2) is 4.90 Å². The molecule has 21 heavy (non-hydrogen) atoms. The maximum atomic E-state index is 12.6. The number of likely N-dealkylation sites (tertiary alicyclic amines) is 1. The molecule has 0 unspecified atom stereocenters. The Morgan fingerprint density at radius 3 is 2.48 bits per heavy atom. The van der Waals surface area contributed by atoms with E-state index in [2.05, 4.69) is 0 Å². The lowest BCUT2D eigenvalue weighted by molar-refractivity contribution is -0.902. The van der Waals surface area contributed by atoms with E-state index in [1.54, 1.807) is 24.3 Å². The van der Waals surface area contributed by atoms with Gasteiger partial charge in [0.1, 0.15) is 5.75 Å². The van der Waals surface area contributed by atoms with Gasteiger partial charge in [-0.15, -0.1) is 0 Å². The molecule has 2 saturated heterocycles. The highest BCUT2D eigenvalue weighted by atomic mass is 16.5. The Bertz CT molecular complexity index is 535. The van der Waals surface area contributed by atoms with Crippen LogP contribution in [0.15, 0.2) is 24.3 Å². The number of rotatable bonds is 4. The van der Waals surface area contributed by atoms with Gasteiger partial charge in [-0.1, -0.05) is 0 Å². The Balaban J connectivity index is 1.78. The summed E-state index contributed by atoms with van der Waals surface area (Å²) in [5, 5.41) is 0. The molecule has 2 aliphatic heterocycles. The summed E-state index contributed by atoms with van der Waals surface area (Å²) in [6.07, 6.45) is 2.63. The zero-order chi connectivity index (χ0) is 14.8. The van der Waals surface area contributed by atoms with Crippen LogP contribution < -0.4 is 14.5 Å². The summed E-state index contributed by atoms with van der Waals surface area (Å²) < 4.78 is 5.39. The van der Waals surface area contributed by atoms with Gasteiger partial charge in [0, 0.05) is 12.8 Å². The first kappa shape index (κ1) is 14.1. The number of imide groups is 1. The van der Waals surface area contributed by atoms with Crippen LogP contribution in [-0.4, -0.2) is 37.6 Å². The van der Waals surface area contributed by atoms with Crippen LogP contribution in [0.5, 0.6) is 5.75 Å². The lowest BCUT2D eigenvalue weighted by atomic mass is 10.2. The van der Waals surface area contributed by atoms with Crippen LogP contribution in [0, 0.1) is 0 Å². The molecule has 1 atom stereocenters. The number of anilines is 1. The molecule has 2 aliphatic rings. The Morgan fingerprint density at radius 1 is 1.19 bits per heavy atom. The molecule has 5 nitrogen and oxygen atoms in total. The van der Waals surface area contributed by atoms with E-state index in [1.165, 1.54) is 9.80 Å². The summed E-state index contributed by atoms with van der Waals surface area (Å²) in [7, 11) is 0. The second kappa shape index (κ2) is 5.85. The highest BCUT2D eigenvalue weighted by molar-refractivity contribution is 6.21. The van der Waals surface area contributed by atoms with Gasteiger partial charge in [0.05, 0.1) is 31.8 Å². The van der Waals surface area contributed by atoms with Crippen molar-refractivity contribution in [2.45, 2.75) is 32.2 Å². The summed E-state index contributed by atoms with van der Waals surface area (Å²) >= 11 is 0. The van der Waals surface area contributed by atoms with E-state index in [0.29, 0.717) is 18.7 Å². The molecule has 1 N–H and O–H groups in total. The average molecular weight is 289 g/mol. The maximum absolute atomic E-state index is 12.6. The van der Waals surface area contributed by atoms with Crippen LogP contribution in [0.25, 0.3) is 0 Å². The summed E-state index contributed by atoms with van der Waals surface area (Å²) in [6, 6.07) is 6.97. The number of hydrogen-bond acceptors (Lipinski definition) is 3. The Hall–Kier alpha value is -1.88. The predicted molar refractivity (Wildman–Crippen MR) is 78.4 cm³/mol. The summed E-state index contributed by atoms with van der Waals surface area (Å²) in [5.41, 5.74) is 0.648. The van der Waals surface area contributed by atoms with Crippen LogP contribution in [-0.2, 0) is 9.59 Å². The molecule has 5 heteroatoms. The first-order chi connectivity index (χ1) is 10.2. The molecule has 0 saturated carbocycles. The fraction of sp³-hybridized carbons (Fsp3) is 0.500. The van der Waals surface area contributed by atoms with Crippen LogP contribution in [0.3, 0.4) is 0 Å². The molecule has 2 fully saturated rings. The standard InChI is InChI=1S/C16H20N2O3/c1-2-21-13-7-5-12(6-8-13)18-15(19)11-14(16(18)20)17-9-3-4-10-17/h5-8,14H,2-4,9-11H2,1H3/p+1/t14-/m1/s1. The smallest absolute Gasteiger partial charge is 0.292 e. The van der Waals surface area contributed by atoms with E-state index in [-0.39, 0.29) is 17.9 Å². The van der Waals surface area contributed by atoms with E-state index in [4.69, 9.17) is 4.74 Å². The molecule has 0 bridgehead atoms. The van der Waals surface area contributed by atoms with Gasteiger partial charge in [0.25, 0.3) is 5.91 Å². The number of ether oxygens (including phenoxy) is 1. The van der Waals surface area contributed by atoms with E-state index in [9.17, 15) is 9.59 Å². The number of benzene rings is 1. The Kier molecular flexibility index (Phi) is 3.92. The molecule has 0 aromatic heterocycles. The Morgan fingerprint density at radius 2 is 1.86 bits per heavy atom. The van der Waals surface area contributed by atoms with Crippen molar-refractivity contribution in [1.29, 1.82) is 0 Å². The average Bonchev–Trinajstić information content (AvgIpc) is 3.09. The second-order valence-corrected chi connectivity index (χ2v) is 5.62. The number of carbonyl (C=O) groups excluding carboxylic acids is 2. The number of nitrogens with zero attached hydrogens (tertiary/aromatic N) is 1. The fourth-order valence-electron chi connectivity index (χ4n) is 3.26. The second-order valence-electron chi connectivity index (χ2n) is 5.62. The highest BCUT2D eigenvalue weighted by Gasteiger charge is 2.46. The molecule has 0 spiro atoms. The van der Waals surface area contributed by atoms with Crippen LogP contribution >= 0.6 is 0 Å². The molecule has 0 aliphatic carbocycles. The van der Waals surface area contributed by atoms with Gasteiger partial charge < -0.3 is 9.64 Å². The Labute approximate surface area is 124 Å². The zero-order valence-electron chi connectivity index (χ0n) is 12.3. The molecular formula is C16H21N2O3+. The van der Waals surface area contributed by atoms with E-state index >= 15 is 0 Å². The van der Waals surface area contributed by atoms with E-state index in [1.807, 2.05) is 6.92 Å². The normalized spacial score (nSPS) is 23.1. The minimum absolute atomic E-state index is 0.0546.